The van der Waals surface area contributed by atoms with Gasteiger partial charge in [0.15, 0.2) is 0 Å². The molecule has 6 heteroatoms. The van der Waals surface area contributed by atoms with Crippen molar-refractivity contribution in [2.45, 2.75) is 33.1 Å². The number of halogens is 1. The van der Waals surface area contributed by atoms with E-state index in [1.165, 1.54) is 0 Å². The van der Waals surface area contributed by atoms with Gasteiger partial charge in [0.05, 0.1) is 5.56 Å². The number of hydrogen-bond donors (Lipinski definition) is 1. The molecule has 0 aliphatic carbocycles. The van der Waals surface area contributed by atoms with Gasteiger partial charge in [-0.25, -0.2) is 0 Å². The van der Waals surface area contributed by atoms with Crippen molar-refractivity contribution >= 4 is 34.4 Å². The molecule has 2 heterocycles. The molecule has 0 bridgehead atoms. The Balaban J connectivity index is 1.59. The Morgan fingerprint density at radius 2 is 1.92 bits per heavy atom. The van der Waals surface area contributed by atoms with Crippen molar-refractivity contribution in [3.63, 3.8) is 0 Å². The van der Waals surface area contributed by atoms with Crippen molar-refractivity contribution in [2.75, 3.05) is 25.5 Å². The predicted octanol–water partition coefficient (Wildman–Crippen LogP) is 3.65. The smallest absolute Gasteiger partial charge is 0.257 e. The number of alkyl halides is 1. The molecule has 26 heavy (non-hydrogen) atoms. The maximum atomic E-state index is 12.9. The Morgan fingerprint density at radius 1 is 1.23 bits per heavy atom. The quantitative estimate of drug-likeness (QED) is 0.810. The van der Waals surface area contributed by atoms with Gasteiger partial charge in [-0.1, -0.05) is 0 Å². The average Bonchev–Trinajstić information content (AvgIpc) is 3.04. The van der Waals surface area contributed by atoms with Crippen molar-refractivity contribution in [3.8, 4) is 0 Å². The molecule has 1 aromatic carbocycles. The number of carbonyl (C=O) groups is 2. The molecule has 5 nitrogen and oxygen atoms in total. The van der Waals surface area contributed by atoms with Gasteiger partial charge in [-0.15, -0.1) is 11.6 Å². The number of nitrogens with zero attached hydrogens (tertiary/aromatic N) is 1. The minimum absolute atomic E-state index is 0.00457. The third-order valence-electron chi connectivity index (χ3n) is 5.32. The zero-order valence-electron chi connectivity index (χ0n) is 15.3. The third-order valence-corrected chi connectivity index (χ3v) is 5.56. The summed E-state index contributed by atoms with van der Waals surface area (Å²) in [5.74, 6) is 0.447. The molecule has 0 radical (unpaired) electrons. The van der Waals surface area contributed by atoms with Gasteiger partial charge >= 0.3 is 0 Å². The summed E-state index contributed by atoms with van der Waals surface area (Å²) in [6, 6.07) is 4.02. The first kappa shape index (κ1) is 18.8. The molecule has 0 unspecified atom stereocenters. The maximum absolute atomic E-state index is 12.9. The molecule has 2 aromatic rings. The van der Waals surface area contributed by atoms with Crippen LogP contribution in [0.4, 0.5) is 0 Å². The van der Waals surface area contributed by atoms with Crippen LogP contribution in [0.15, 0.2) is 22.8 Å². The van der Waals surface area contributed by atoms with E-state index in [4.69, 9.17) is 16.0 Å². The maximum Gasteiger partial charge on any atom is 0.257 e. The van der Waals surface area contributed by atoms with Crippen LogP contribution in [-0.2, 0) is 4.79 Å². The molecule has 0 atom stereocenters. The van der Waals surface area contributed by atoms with Crippen LogP contribution in [0, 0.1) is 19.8 Å². The average molecular weight is 377 g/mol. The van der Waals surface area contributed by atoms with Crippen LogP contribution in [0.2, 0.25) is 0 Å². The van der Waals surface area contributed by atoms with Crippen LogP contribution >= 0.6 is 11.6 Å². The van der Waals surface area contributed by atoms with Crippen molar-refractivity contribution < 1.29 is 14.0 Å². The zero-order valence-corrected chi connectivity index (χ0v) is 16.1. The van der Waals surface area contributed by atoms with E-state index in [2.05, 4.69) is 5.32 Å². The van der Waals surface area contributed by atoms with E-state index in [0.717, 1.165) is 54.4 Å². The van der Waals surface area contributed by atoms with E-state index in [1.54, 1.807) is 6.26 Å². The summed E-state index contributed by atoms with van der Waals surface area (Å²) in [7, 11) is 0. The van der Waals surface area contributed by atoms with Crippen molar-refractivity contribution in [3.05, 3.63) is 35.1 Å². The van der Waals surface area contributed by atoms with Crippen molar-refractivity contribution in [1.82, 2.24) is 10.2 Å². The Bertz CT molecular complexity index is 807. The second-order valence-corrected chi connectivity index (χ2v) is 7.36. The molecular weight excluding hydrogens is 352 g/mol. The first-order valence-electron chi connectivity index (χ1n) is 9.10. The summed E-state index contributed by atoms with van der Waals surface area (Å²) >= 11 is 5.47. The number of rotatable bonds is 5. The highest BCUT2D eigenvalue weighted by atomic mass is 35.5. The zero-order chi connectivity index (χ0) is 18.7. The second-order valence-electron chi connectivity index (χ2n) is 7.09. The number of likely N-dealkylation sites (tertiary alicyclic amines) is 1. The molecule has 1 saturated heterocycles. The first-order valence-corrected chi connectivity index (χ1v) is 9.63. The van der Waals surface area contributed by atoms with E-state index in [1.807, 2.05) is 30.9 Å². The fraction of sp³-hybridized carbons (Fsp3) is 0.500. The Morgan fingerprint density at radius 3 is 2.62 bits per heavy atom. The van der Waals surface area contributed by atoms with Crippen LogP contribution in [0.3, 0.4) is 0 Å². The largest absolute Gasteiger partial charge is 0.463 e. The van der Waals surface area contributed by atoms with E-state index >= 15 is 0 Å². The Hall–Kier alpha value is -2.01. The van der Waals surface area contributed by atoms with Gasteiger partial charge < -0.3 is 14.6 Å². The van der Waals surface area contributed by atoms with Crippen molar-refractivity contribution in [1.29, 1.82) is 0 Å². The number of aryl methyl sites for hydroxylation is 2. The molecule has 0 spiro atoms. The highest BCUT2D eigenvalue weighted by Crippen LogP contribution is 2.28. The number of amides is 2. The summed E-state index contributed by atoms with van der Waals surface area (Å²) in [6.07, 6.45) is 4.42. The molecule has 3 rings (SSSR count). The standard InChI is InChI=1S/C20H25ClN2O3/c1-13-9-16-17(12-26-18(16)10-14(13)2)20(25)23-7-4-15(5-8-23)3-6-22-19(24)11-21/h9-10,12,15H,3-8,11H2,1-2H3,(H,22,24). The SMILES string of the molecule is Cc1cc2occ(C(=O)N3CCC(CCNC(=O)CCl)CC3)c2cc1C. The van der Waals surface area contributed by atoms with Crippen LogP contribution in [0.1, 0.15) is 40.7 Å². The van der Waals surface area contributed by atoms with Gasteiger partial charge in [0.25, 0.3) is 5.91 Å². The predicted molar refractivity (Wildman–Crippen MR) is 103 cm³/mol. The number of hydrogen-bond acceptors (Lipinski definition) is 3. The molecule has 1 aromatic heterocycles. The summed E-state index contributed by atoms with van der Waals surface area (Å²) in [5.41, 5.74) is 3.73. The molecule has 1 aliphatic heterocycles. The van der Waals surface area contributed by atoms with Gasteiger partial charge in [0.1, 0.15) is 17.7 Å². The van der Waals surface area contributed by atoms with Gasteiger partial charge in [-0.2, -0.15) is 0 Å². The molecule has 1 fully saturated rings. The fourth-order valence-corrected chi connectivity index (χ4v) is 3.60. The normalized spacial score (nSPS) is 15.4. The lowest BCUT2D eigenvalue weighted by Crippen LogP contribution is -2.39. The number of piperidine rings is 1. The minimum Gasteiger partial charge on any atom is -0.463 e. The van der Waals surface area contributed by atoms with Crippen molar-refractivity contribution in [2.24, 2.45) is 5.92 Å². The molecular formula is C20H25ClN2O3. The van der Waals surface area contributed by atoms with Gasteiger partial charge in [0.2, 0.25) is 5.91 Å². The number of benzene rings is 1. The highest BCUT2D eigenvalue weighted by molar-refractivity contribution is 6.27. The Kier molecular flexibility index (Phi) is 5.87. The van der Waals surface area contributed by atoms with Gasteiger partial charge in [-0.3, -0.25) is 9.59 Å². The van der Waals surface area contributed by atoms with Crippen LogP contribution < -0.4 is 5.32 Å². The number of fused-ring (bicyclic) bond motifs is 1. The lowest BCUT2D eigenvalue weighted by atomic mass is 9.93. The molecule has 1 aliphatic rings. The summed E-state index contributed by atoms with van der Waals surface area (Å²) < 4.78 is 5.61. The van der Waals surface area contributed by atoms with Crippen LogP contribution in [0.25, 0.3) is 11.0 Å². The third kappa shape index (κ3) is 4.04. The van der Waals surface area contributed by atoms with E-state index in [9.17, 15) is 9.59 Å². The lowest BCUT2D eigenvalue weighted by molar-refractivity contribution is -0.118. The molecule has 140 valence electrons. The molecule has 0 saturated carbocycles. The van der Waals surface area contributed by atoms with Crippen LogP contribution in [0.5, 0.6) is 0 Å². The summed E-state index contributed by atoms with van der Waals surface area (Å²) in [4.78, 5) is 26.0. The second kappa shape index (κ2) is 8.12. The Labute approximate surface area is 158 Å². The minimum atomic E-state index is -0.128. The van der Waals surface area contributed by atoms with Gasteiger partial charge in [-0.05, 0) is 62.3 Å². The fourth-order valence-electron chi connectivity index (χ4n) is 3.51. The number of furan rings is 1. The number of nitrogens with one attached hydrogen (secondary N) is 1. The van der Waals surface area contributed by atoms with E-state index < -0.39 is 0 Å². The van der Waals surface area contributed by atoms with Gasteiger partial charge in [0, 0.05) is 25.0 Å². The number of carbonyl (C=O) groups excluding carboxylic acids is 2. The molecule has 1 N–H and O–H groups in total. The lowest BCUT2D eigenvalue weighted by Gasteiger charge is -2.32. The highest BCUT2D eigenvalue weighted by Gasteiger charge is 2.26. The summed E-state index contributed by atoms with van der Waals surface area (Å²) in [5, 5.41) is 3.69. The first-order chi connectivity index (χ1) is 12.5. The topological polar surface area (TPSA) is 62.6 Å². The monoisotopic (exact) mass is 376 g/mol. The summed E-state index contributed by atoms with van der Waals surface area (Å²) in [6.45, 7) is 6.22. The van der Waals surface area contributed by atoms with Crippen LogP contribution in [-0.4, -0.2) is 42.2 Å². The van der Waals surface area contributed by atoms with E-state index in [-0.39, 0.29) is 17.7 Å². The molecule has 2 amide bonds. The van der Waals surface area contributed by atoms with E-state index in [0.29, 0.717) is 18.0 Å².